The van der Waals surface area contributed by atoms with Crippen LogP contribution in [0.3, 0.4) is 0 Å². The van der Waals surface area contributed by atoms with Gasteiger partial charge in [0.1, 0.15) is 0 Å². The fourth-order valence-corrected chi connectivity index (χ4v) is 0. The zero-order valence-electron chi connectivity index (χ0n) is 4.11. The summed E-state index contributed by atoms with van der Waals surface area (Å²) in [6.07, 6.45) is 0. The van der Waals surface area contributed by atoms with Gasteiger partial charge in [-0.25, -0.2) is 0 Å². The van der Waals surface area contributed by atoms with Crippen LogP contribution in [-0.2, 0) is 0 Å². The Bertz CT molecular complexity index is 25.2. The number of aliphatic hydroxyl groups excluding tert-OH is 1. The zero-order valence-corrected chi connectivity index (χ0v) is 9.69. The van der Waals surface area contributed by atoms with Crippen molar-refractivity contribution in [3.05, 3.63) is 0 Å². The van der Waals surface area contributed by atoms with Crippen molar-refractivity contribution in [3.8, 4) is 0 Å². The van der Waals surface area contributed by atoms with Gasteiger partial charge in [0.05, 0.1) is 0 Å². The normalized spacial score (nSPS) is 6.75. The predicted molar refractivity (Wildman–Crippen MR) is 36.1 cm³/mol. The molecule has 0 saturated carbocycles. The summed E-state index contributed by atoms with van der Waals surface area (Å²) < 4.78 is 0. The average Bonchev–Trinajstić information content (AvgIpc) is 1.33. The Morgan fingerprint density at radius 2 is 1.38 bits per heavy atom. The van der Waals surface area contributed by atoms with Crippen LogP contribution in [0.4, 0.5) is 0 Å². The van der Waals surface area contributed by atoms with E-state index in [9.17, 15) is 0 Å². The molecule has 0 aliphatic heterocycles. The van der Waals surface area contributed by atoms with Crippen molar-refractivity contribution in [2.24, 2.45) is 0 Å². The second-order valence-electron chi connectivity index (χ2n) is 0.508. The summed E-state index contributed by atoms with van der Waals surface area (Å²) >= 11 is -2.03. The Labute approximate surface area is 73.7 Å². The van der Waals surface area contributed by atoms with Crippen LogP contribution in [0.25, 0.3) is 0 Å². The molecule has 1 radical (unpaired) electrons. The van der Waals surface area contributed by atoms with Gasteiger partial charge in [0, 0.05) is 6.61 Å². The summed E-state index contributed by atoms with van der Waals surface area (Å²) in [5, 5.41) is 7.57. The van der Waals surface area contributed by atoms with Crippen LogP contribution < -0.4 is 12.4 Å². The molecule has 6 heteroatoms. The molecule has 0 heterocycles. The maximum atomic E-state index is 7.57. The molecule has 0 fully saturated rings. The van der Waals surface area contributed by atoms with E-state index >= 15 is 0 Å². The van der Waals surface area contributed by atoms with E-state index in [4.69, 9.17) is 31.6 Å². The molecule has 0 aromatic rings. The van der Waals surface area contributed by atoms with Crippen molar-refractivity contribution in [1.82, 2.24) is 0 Å². The summed E-state index contributed by atoms with van der Waals surface area (Å²) in [5.41, 5.74) is 0. The van der Waals surface area contributed by atoms with Crippen LogP contribution in [0.5, 0.6) is 0 Å². The van der Waals surface area contributed by atoms with Crippen LogP contribution in [0.15, 0.2) is 0 Å². The molecule has 0 aromatic carbocycles. The van der Waals surface area contributed by atoms with E-state index in [0.29, 0.717) is 0 Å². The van der Waals surface area contributed by atoms with Crippen molar-refractivity contribution in [1.29, 1.82) is 0 Å². The first-order valence-electron chi connectivity index (χ1n) is 1.53. The molecule has 0 bridgehead atoms. The van der Waals surface area contributed by atoms with Crippen molar-refractivity contribution in [2.45, 2.75) is 6.92 Å². The molecule has 0 saturated heterocycles. The van der Waals surface area contributed by atoms with E-state index in [1.165, 1.54) is 0 Å². The number of hydrogen-bond acceptors (Lipinski definition) is 1. The van der Waals surface area contributed by atoms with Crippen LogP contribution in [0.2, 0.25) is 0 Å². The third-order valence-electron chi connectivity index (χ3n) is 0. The van der Waals surface area contributed by atoms with E-state index in [1.807, 2.05) is 0 Å². The Balaban J connectivity index is -0.0000000575. The van der Waals surface area contributed by atoms with Crippen LogP contribution in [0.1, 0.15) is 6.92 Å². The molecule has 1 nitrogen and oxygen atoms in total. The van der Waals surface area contributed by atoms with Crippen LogP contribution >= 0.6 is 26.5 Å². The fourth-order valence-electron chi connectivity index (χ4n) is 0. The monoisotopic (exact) mass is 307 g/mol. The van der Waals surface area contributed by atoms with E-state index in [0.717, 1.165) is 0 Å². The minimum absolute atomic E-state index is 0. The molecule has 0 rings (SSSR count). The van der Waals surface area contributed by atoms with Gasteiger partial charge in [0.2, 0.25) is 0 Å². The molecule has 0 aliphatic rings. The molecule has 53 valence electrons. The number of aliphatic hydroxyl groups is 1. The summed E-state index contributed by atoms with van der Waals surface area (Å²) in [4.78, 5) is 0. The number of halogens is 4. The van der Waals surface area contributed by atoms with Gasteiger partial charge in [-0.2, -0.15) is 0 Å². The van der Waals surface area contributed by atoms with Crippen molar-refractivity contribution < 1.29 is 17.5 Å². The first kappa shape index (κ1) is 16.5. The van der Waals surface area contributed by atoms with E-state index in [1.54, 1.807) is 6.92 Å². The van der Waals surface area contributed by atoms with Gasteiger partial charge in [-0.3, -0.25) is 0 Å². The van der Waals surface area contributed by atoms with Crippen molar-refractivity contribution in [2.75, 3.05) is 6.61 Å². The fraction of sp³-hybridized carbons (Fsp3) is 1.00. The third kappa shape index (κ3) is 102. The average molecular weight is 310 g/mol. The standard InChI is InChI=1S/C2H6O.4ClH.Sb/c1-2-3;;;;;/h3H,2H2,1H3;4*1H;/q;;;;;+4/p-4. The second-order valence-corrected chi connectivity index (χ2v) is 11.9. The molecule has 0 atom stereocenters. The van der Waals surface area contributed by atoms with E-state index in [-0.39, 0.29) is 19.0 Å². The molecule has 0 spiro atoms. The van der Waals surface area contributed by atoms with Crippen molar-refractivity contribution >= 4 is 43.3 Å². The third-order valence-corrected chi connectivity index (χ3v) is 0. The Morgan fingerprint density at radius 3 is 1.38 bits per heavy atom. The van der Waals surface area contributed by atoms with Gasteiger partial charge in [-0.1, -0.05) is 0 Å². The topological polar surface area (TPSA) is 20.2 Å². The van der Waals surface area contributed by atoms with Gasteiger partial charge in [0.15, 0.2) is 0 Å². The minimum atomic E-state index is -2.03. The number of rotatable bonds is 0. The van der Waals surface area contributed by atoms with Gasteiger partial charge in [-0.05, 0) is 6.92 Å². The second kappa shape index (κ2) is 16.0. The Kier molecular flexibility index (Phi) is 32.9. The molecule has 0 aliphatic carbocycles. The first-order chi connectivity index (χ1) is 3.15. The molecule has 8 heavy (non-hydrogen) atoms. The quantitative estimate of drug-likeness (QED) is 0.551. The van der Waals surface area contributed by atoms with E-state index < -0.39 is 16.8 Å². The summed E-state index contributed by atoms with van der Waals surface area (Å²) in [5.74, 6) is 0. The van der Waals surface area contributed by atoms with Gasteiger partial charge in [-0.15, -0.1) is 0 Å². The SMILES string of the molecule is CCO.[Cl-].[Cl][Sb+]([Cl])[Cl]. The van der Waals surface area contributed by atoms with Crippen LogP contribution in [0, 0.1) is 0 Å². The summed E-state index contributed by atoms with van der Waals surface area (Å²) in [6, 6.07) is 0. The Morgan fingerprint density at radius 1 is 1.38 bits per heavy atom. The summed E-state index contributed by atoms with van der Waals surface area (Å²) in [6.45, 7) is 1.93. The van der Waals surface area contributed by atoms with Crippen LogP contribution in [-0.4, -0.2) is 28.5 Å². The molecule has 1 N–H and O–H groups in total. The molecule has 0 amide bonds. The Hall–Kier alpha value is 1.94. The van der Waals surface area contributed by atoms with Crippen molar-refractivity contribution in [3.63, 3.8) is 0 Å². The first-order valence-corrected chi connectivity index (χ1v) is 11.2. The van der Waals surface area contributed by atoms with E-state index in [2.05, 4.69) is 0 Å². The predicted octanol–water partition coefficient (Wildman–Crippen LogP) is -1.31. The number of hydrogen-bond donors (Lipinski definition) is 1. The molecule has 0 unspecified atom stereocenters. The van der Waals surface area contributed by atoms with Gasteiger partial charge >= 0.3 is 43.3 Å². The van der Waals surface area contributed by atoms with Gasteiger partial charge in [0.25, 0.3) is 0 Å². The molecular weight excluding hydrogens is 304 g/mol. The van der Waals surface area contributed by atoms with Gasteiger partial charge < -0.3 is 17.5 Å². The zero-order chi connectivity index (χ0) is 6.28. The molecular formula is C2H6Cl4OSb. The maximum absolute atomic E-state index is 7.57. The molecule has 0 aromatic heterocycles. The summed E-state index contributed by atoms with van der Waals surface area (Å²) in [7, 11) is 15.0.